The molecule has 0 saturated carbocycles. The first-order valence-corrected chi connectivity index (χ1v) is 9.75. The SMILES string of the molecule is CC(C)(C)OC(=O)N[C@H](Cc1c[nH]c2ccccc12)C(=O)N[C@H](CCC(=O)O)C(=O)O. The maximum absolute atomic E-state index is 12.9. The minimum absolute atomic E-state index is 0.0698. The summed E-state index contributed by atoms with van der Waals surface area (Å²) >= 11 is 0. The fourth-order valence-corrected chi connectivity index (χ4v) is 2.98. The fourth-order valence-electron chi connectivity index (χ4n) is 2.98. The van der Waals surface area contributed by atoms with E-state index in [1.807, 2.05) is 24.3 Å². The number of para-hydroxylation sites is 1. The zero-order chi connectivity index (χ0) is 23.2. The summed E-state index contributed by atoms with van der Waals surface area (Å²) in [5, 5.41) is 23.8. The summed E-state index contributed by atoms with van der Waals surface area (Å²) in [5.74, 6) is -3.30. The Morgan fingerprint density at radius 3 is 2.35 bits per heavy atom. The molecule has 5 N–H and O–H groups in total. The van der Waals surface area contributed by atoms with E-state index in [1.165, 1.54) is 0 Å². The Labute approximate surface area is 179 Å². The summed E-state index contributed by atoms with van der Waals surface area (Å²) in [6, 6.07) is 4.86. The first-order chi connectivity index (χ1) is 14.5. The summed E-state index contributed by atoms with van der Waals surface area (Å²) < 4.78 is 5.22. The number of carboxylic acid groups (broad SMARTS) is 2. The van der Waals surface area contributed by atoms with E-state index in [9.17, 15) is 24.3 Å². The molecule has 0 unspecified atom stereocenters. The number of carboxylic acids is 2. The zero-order valence-electron chi connectivity index (χ0n) is 17.6. The van der Waals surface area contributed by atoms with Crippen molar-refractivity contribution in [1.82, 2.24) is 15.6 Å². The largest absolute Gasteiger partial charge is 0.481 e. The Balaban J connectivity index is 2.22. The molecule has 10 heteroatoms. The second kappa shape index (κ2) is 9.96. The van der Waals surface area contributed by atoms with Crippen molar-refractivity contribution in [2.24, 2.45) is 0 Å². The summed E-state index contributed by atoms with van der Waals surface area (Å²) in [4.78, 5) is 50.5. The van der Waals surface area contributed by atoms with Gasteiger partial charge in [-0.3, -0.25) is 9.59 Å². The van der Waals surface area contributed by atoms with Crippen molar-refractivity contribution in [3.63, 3.8) is 0 Å². The minimum atomic E-state index is -1.41. The first-order valence-electron chi connectivity index (χ1n) is 9.75. The number of aliphatic carboxylic acids is 2. The van der Waals surface area contributed by atoms with Crippen molar-refractivity contribution in [1.29, 1.82) is 0 Å². The summed E-state index contributed by atoms with van der Waals surface area (Å²) in [5.41, 5.74) is 0.791. The number of hydrogen-bond donors (Lipinski definition) is 5. The summed E-state index contributed by atoms with van der Waals surface area (Å²) in [7, 11) is 0. The molecule has 2 aromatic rings. The molecule has 0 radical (unpaired) electrons. The molecule has 0 saturated heterocycles. The molecule has 0 spiro atoms. The van der Waals surface area contributed by atoms with E-state index in [1.54, 1.807) is 27.0 Å². The van der Waals surface area contributed by atoms with Gasteiger partial charge in [0.1, 0.15) is 17.7 Å². The number of rotatable bonds is 9. The molecular weight excluding hydrogens is 406 g/mol. The van der Waals surface area contributed by atoms with Gasteiger partial charge < -0.3 is 30.6 Å². The maximum Gasteiger partial charge on any atom is 0.408 e. The van der Waals surface area contributed by atoms with Crippen LogP contribution in [0.4, 0.5) is 4.79 Å². The lowest BCUT2D eigenvalue weighted by molar-refractivity contribution is -0.143. The number of fused-ring (bicyclic) bond motifs is 1. The van der Waals surface area contributed by atoms with E-state index in [0.717, 1.165) is 16.5 Å². The predicted octanol–water partition coefficient (Wildman–Crippen LogP) is 2.04. The standard InChI is InChI=1S/C21H27N3O7/c1-21(2,3)31-20(30)24-16(10-12-11-22-14-7-5-4-6-13(12)14)18(27)23-15(19(28)29)8-9-17(25)26/h4-7,11,15-16,22H,8-10H2,1-3H3,(H,23,27)(H,24,30)(H,25,26)(H,28,29)/t15-,16-/m1/s1. The Bertz CT molecular complexity index is 961. The van der Waals surface area contributed by atoms with Gasteiger partial charge in [-0.05, 0) is 38.8 Å². The highest BCUT2D eigenvalue weighted by atomic mass is 16.6. The number of hydrogen-bond acceptors (Lipinski definition) is 5. The lowest BCUT2D eigenvalue weighted by atomic mass is 10.0. The fraction of sp³-hybridized carbons (Fsp3) is 0.429. The Morgan fingerprint density at radius 2 is 1.74 bits per heavy atom. The number of ether oxygens (including phenoxy) is 1. The molecule has 0 aliphatic carbocycles. The van der Waals surface area contributed by atoms with E-state index in [0.29, 0.717) is 0 Å². The van der Waals surface area contributed by atoms with Gasteiger partial charge in [0.25, 0.3) is 0 Å². The van der Waals surface area contributed by atoms with E-state index in [4.69, 9.17) is 9.84 Å². The van der Waals surface area contributed by atoms with Crippen LogP contribution in [0.2, 0.25) is 0 Å². The topological polar surface area (TPSA) is 158 Å². The average Bonchev–Trinajstić information content (AvgIpc) is 3.05. The van der Waals surface area contributed by atoms with Crippen LogP contribution in [-0.4, -0.2) is 56.8 Å². The van der Waals surface area contributed by atoms with Crippen molar-refractivity contribution >= 4 is 34.8 Å². The normalized spacial score (nSPS) is 13.3. The van der Waals surface area contributed by atoms with Gasteiger partial charge in [0.15, 0.2) is 0 Å². The number of aromatic amines is 1. The molecule has 2 atom stereocenters. The third-order valence-corrected chi connectivity index (χ3v) is 4.37. The number of H-pyrrole nitrogens is 1. The molecule has 1 aromatic carbocycles. The lowest BCUT2D eigenvalue weighted by Crippen LogP contribution is -2.53. The molecule has 0 bridgehead atoms. The highest BCUT2D eigenvalue weighted by molar-refractivity contribution is 5.91. The average molecular weight is 433 g/mol. The van der Waals surface area contributed by atoms with Crippen molar-refractivity contribution in [2.45, 2.75) is 57.7 Å². The highest BCUT2D eigenvalue weighted by Gasteiger charge is 2.29. The van der Waals surface area contributed by atoms with Crippen molar-refractivity contribution in [3.05, 3.63) is 36.0 Å². The van der Waals surface area contributed by atoms with Gasteiger partial charge in [-0.15, -0.1) is 0 Å². The molecule has 31 heavy (non-hydrogen) atoms. The Morgan fingerprint density at radius 1 is 1.06 bits per heavy atom. The number of aromatic nitrogens is 1. The zero-order valence-corrected chi connectivity index (χ0v) is 17.6. The minimum Gasteiger partial charge on any atom is -0.481 e. The van der Waals surface area contributed by atoms with Crippen LogP contribution >= 0.6 is 0 Å². The van der Waals surface area contributed by atoms with Gasteiger partial charge in [0.2, 0.25) is 5.91 Å². The van der Waals surface area contributed by atoms with E-state index in [2.05, 4.69) is 15.6 Å². The van der Waals surface area contributed by atoms with Crippen LogP contribution in [0.1, 0.15) is 39.2 Å². The van der Waals surface area contributed by atoms with Crippen LogP contribution in [0.3, 0.4) is 0 Å². The van der Waals surface area contributed by atoms with Gasteiger partial charge >= 0.3 is 18.0 Å². The molecule has 1 aromatic heterocycles. The molecular formula is C21H27N3O7. The quantitative estimate of drug-likeness (QED) is 0.405. The Hall–Kier alpha value is -3.56. The third kappa shape index (κ3) is 7.32. The number of benzene rings is 1. The number of carbonyl (C=O) groups is 4. The molecule has 2 rings (SSSR count). The van der Waals surface area contributed by atoms with Crippen LogP contribution < -0.4 is 10.6 Å². The maximum atomic E-state index is 12.9. The van der Waals surface area contributed by atoms with E-state index < -0.39 is 48.0 Å². The van der Waals surface area contributed by atoms with Gasteiger partial charge in [0.05, 0.1) is 0 Å². The van der Waals surface area contributed by atoms with Crippen LogP contribution in [0.25, 0.3) is 10.9 Å². The summed E-state index contributed by atoms with van der Waals surface area (Å²) in [6.07, 6.45) is 0.234. The molecule has 0 fully saturated rings. The smallest absolute Gasteiger partial charge is 0.408 e. The van der Waals surface area contributed by atoms with Crippen molar-refractivity contribution in [2.75, 3.05) is 0 Å². The second-order valence-corrected chi connectivity index (χ2v) is 8.09. The van der Waals surface area contributed by atoms with Gasteiger partial charge in [0, 0.05) is 29.9 Å². The summed E-state index contributed by atoms with van der Waals surface area (Å²) in [6.45, 7) is 5.02. The number of nitrogens with one attached hydrogen (secondary N) is 3. The molecule has 0 aliphatic heterocycles. The molecule has 0 aliphatic rings. The highest BCUT2D eigenvalue weighted by Crippen LogP contribution is 2.19. The lowest BCUT2D eigenvalue weighted by Gasteiger charge is -2.24. The van der Waals surface area contributed by atoms with Crippen LogP contribution in [0.15, 0.2) is 30.5 Å². The van der Waals surface area contributed by atoms with Crippen LogP contribution in [0.5, 0.6) is 0 Å². The molecule has 10 nitrogen and oxygen atoms in total. The van der Waals surface area contributed by atoms with E-state index in [-0.39, 0.29) is 12.8 Å². The number of alkyl carbamates (subject to hydrolysis) is 1. The van der Waals surface area contributed by atoms with Gasteiger partial charge in [-0.1, -0.05) is 18.2 Å². The number of amides is 2. The van der Waals surface area contributed by atoms with Gasteiger partial charge in [-0.2, -0.15) is 0 Å². The van der Waals surface area contributed by atoms with E-state index >= 15 is 0 Å². The van der Waals surface area contributed by atoms with Crippen molar-refractivity contribution in [3.8, 4) is 0 Å². The first kappa shape index (κ1) is 23.7. The monoisotopic (exact) mass is 433 g/mol. The molecule has 168 valence electrons. The molecule has 1 heterocycles. The third-order valence-electron chi connectivity index (χ3n) is 4.37. The second-order valence-electron chi connectivity index (χ2n) is 8.09. The van der Waals surface area contributed by atoms with Gasteiger partial charge in [-0.25, -0.2) is 9.59 Å². The van der Waals surface area contributed by atoms with Crippen LogP contribution in [-0.2, 0) is 25.5 Å². The van der Waals surface area contributed by atoms with Crippen molar-refractivity contribution < 1.29 is 34.1 Å². The number of carbonyl (C=O) groups excluding carboxylic acids is 2. The van der Waals surface area contributed by atoms with Crippen LogP contribution in [0, 0.1) is 0 Å². The Kier molecular flexibility index (Phi) is 7.62. The molecule has 2 amide bonds. The predicted molar refractivity (Wildman–Crippen MR) is 112 cm³/mol.